The average molecular weight is 423 g/mol. The summed E-state index contributed by atoms with van der Waals surface area (Å²) in [6.07, 6.45) is 1.20. The Hall–Kier alpha value is -0.890. The van der Waals surface area contributed by atoms with Gasteiger partial charge in [0.05, 0.1) is 6.10 Å². The number of rotatable bonds is 7. The van der Waals surface area contributed by atoms with Gasteiger partial charge in [0, 0.05) is 33.8 Å². The third-order valence-electron chi connectivity index (χ3n) is 2.96. The first-order valence-electron chi connectivity index (χ1n) is 7.30. The van der Waals surface area contributed by atoms with Crippen molar-refractivity contribution in [3.05, 3.63) is 35.6 Å². The molecule has 1 aromatic carbocycles. The molecule has 0 saturated carbocycles. The Morgan fingerprint density at radius 1 is 1.32 bits per heavy atom. The van der Waals surface area contributed by atoms with E-state index in [0.29, 0.717) is 6.54 Å². The zero-order chi connectivity index (χ0) is 15.7. The zero-order valence-corrected chi connectivity index (χ0v) is 16.1. The van der Waals surface area contributed by atoms with Crippen LogP contribution in [0.25, 0.3) is 0 Å². The molecule has 0 atom stereocenters. The molecule has 0 fully saturated rings. The molecule has 0 bridgehead atoms. The normalized spacial score (nSPS) is 11.3. The van der Waals surface area contributed by atoms with E-state index in [4.69, 9.17) is 4.74 Å². The minimum Gasteiger partial charge on any atom is -0.379 e. The summed E-state index contributed by atoms with van der Waals surface area (Å²) in [5, 5.41) is 3.30. The Balaban J connectivity index is 0.00000441. The number of aliphatic imine (C=N–C) groups is 1. The molecule has 0 radical (unpaired) electrons. The van der Waals surface area contributed by atoms with E-state index in [-0.39, 0.29) is 35.9 Å². The molecule has 0 aliphatic carbocycles. The van der Waals surface area contributed by atoms with Crippen molar-refractivity contribution in [2.45, 2.75) is 32.9 Å². The molecule has 1 aromatic rings. The first-order valence-corrected chi connectivity index (χ1v) is 7.30. The standard InChI is InChI=1S/C16H26FN3O.HI/c1-13(2)21-11-5-10-19-16(18-3)20(4)12-14-6-8-15(17)9-7-14;/h6-9,13H,5,10-12H2,1-4H3,(H,18,19);1H. The number of hydrogen-bond donors (Lipinski definition) is 1. The fraction of sp³-hybridized carbons (Fsp3) is 0.562. The number of guanidine groups is 1. The van der Waals surface area contributed by atoms with Crippen molar-refractivity contribution in [3.8, 4) is 0 Å². The monoisotopic (exact) mass is 423 g/mol. The van der Waals surface area contributed by atoms with E-state index in [9.17, 15) is 4.39 Å². The molecule has 0 unspecified atom stereocenters. The van der Waals surface area contributed by atoms with Crippen molar-refractivity contribution in [1.82, 2.24) is 10.2 Å². The van der Waals surface area contributed by atoms with Gasteiger partial charge in [0.1, 0.15) is 5.82 Å². The third-order valence-corrected chi connectivity index (χ3v) is 2.96. The molecule has 126 valence electrons. The van der Waals surface area contributed by atoms with E-state index >= 15 is 0 Å². The summed E-state index contributed by atoms with van der Waals surface area (Å²) < 4.78 is 18.4. The Bertz CT molecular complexity index is 438. The Morgan fingerprint density at radius 2 is 1.95 bits per heavy atom. The summed E-state index contributed by atoms with van der Waals surface area (Å²) in [6, 6.07) is 6.52. The van der Waals surface area contributed by atoms with E-state index in [1.54, 1.807) is 19.2 Å². The highest BCUT2D eigenvalue weighted by Gasteiger charge is 2.06. The molecule has 1 N–H and O–H groups in total. The second-order valence-electron chi connectivity index (χ2n) is 5.23. The minimum atomic E-state index is -0.214. The van der Waals surface area contributed by atoms with Gasteiger partial charge >= 0.3 is 0 Å². The fourth-order valence-corrected chi connectivity index (χ4v) is 1.91. The molecular weight excluding hydrogens is 396 g/mol. The van der Waals surface area contributed by atoms with Crippen LogP contribution in [0.2, 0.25) is 0 Å². The highest BCUT2D eigenvalue weighted by molar-refractivity contribution is 14.0. The first kappa shape index (κ1) is 21.1. The number of benzene rings is 1. The molecule has 0 aliphatic rings. The van der Waals surface area contributed by atoms with Crippen LogP contribution in [0.15, 0.2) is 29.3 Å². The summed E-state index contributed by atoms with van der Waals surface area (Å²) in [5.74, 6) is 0.609. The molecule has 6 heteroatoms. The highest BCUT2D eigenvalue weighted by Crippen LogP contribution is 2.05. The molecule has 4 nitrogen and oxygen atoms in total. The van der Waals surface area contributed by atoms with E-state index in [1.807, 2.05) is 25.8 Å². The Morgan fingerprint density at radius 3 is 2.50 bits per heavy atom. The summed E-state index contributed by atoms with van der Waals surface area (Å²) >= 11 is 0. The summed E-state index contributed by atoms with van der Waals surface area (Å²) in [5.41, 5.74) is 1.05. The van der Waals surface area contributed by atoms with Crippen LogP contribution in [0.1, 0.15) is 25.8 Å². The third kappa shape index (κ3) is 8.53. The van der Waals surface area contributed by atoms with Gasteiger partial charge in [-0.2, -0.15) is 0 Å². The van der Waals surface area contributed by atoms with Gasteiger partial charge in [-0.25, -0.2) is 4.39 Å². The fourth-order valence-electron chi connectivity index (χ4n) is 1.91. The van der Waals surface area contributed by atoms with Crippen LogP contribution in [0.5, 0.6) is 0 Å². The molecule has 0 spiro atoms. The van der Waals surface area contributed by atoms with Gasteiger partial charge in [-0.15, -0.1) is 24.0 Å². The second-order valence-corrected chi connectivity index (χ2v) is 5.23. The lowest BCUT2D eigenvalue weighted by Gasteiger charge is -2.22. The minimum absolute atomic E-state index is 0. The lowest BCUT2D eigenvalue weighted by Crippen LogP contribution is -2.39. The maximum Gasteiger partial charge on any atom is 0.193 e. The molecule has 0 aliphatic heterocycles. The van der Waals surface area contributed by atoms with Crippen LogP contribution < -0.4 is 5.32 Å². The van der Waals surface area contributed by atoms with E-state index in [1.165, 1.54) is 12.1 Å². The van der Waals surface area contributed by atoms with Gasteiger partial charge in [0.25, 0.3) is 0 Å². The lowest BCUT2D eigenvalue weighted by atomic mass is 10.2. The average Bonchev–Trinajstić information content (AvgIpc) is 2.45. The molecule has 0 amide bonds. The number of nitrogens with one attached hydrogen (secondary N) is 1. The number of ether oxygens (including phenoxy) is 1. The topological polar surface area (TPSA) is 36.9 Å². The van der Waals surface area contributed by atoms with Gasteiger partial charge in [-0.05, 0) is 38.0 Å². The predicted molar refractivity (Wildman–Crippen MR) is 100 cm³/mol. The number of nitrogens with zero attached hydrogens (tertiary/aromatic N) is 2. The van der Waals surface area contributed by atoms with Crippen LogP contribution >= 0.6 is 24.0 Å². The van der Waals surface area contributed by atoms with Crippen molar-refractivity contribution in [3.63, 3.8) is 0 Å². The quantitative estimate of drug-likeness (QED) is 0.317. The maximum absolute atomic E-state index is 12.9. The van der Waals surface area contributed by atoms with Crippen molar-refractivity contribution in [1.29, 1.82) is 0 Å². The lowest BCUT2D eigenvalue weighted by molar-refractivity contribution is 0.0776. The second kappa shape index (κ2) is 11.6. The van der Waals surface area contributed by atoms with Crippen molar-refractivity contribution < 1.29 is 9.13 Å². The molecule has 22 heavy (non-hydrogen) atoms. The highest BCUT2D eigenvalue weighted by atomic mass is 127. The van der Waals surface area contributed by atoms with E-state index in [0.717, 1.165) is 31.1 Å². The van der Waals surface area contributed by atoms with Crippen LogP contribution in [-0.4, -0.2) is 44.2 Å². The Labute approximate surface area is 150 Å². The van der Waals surface area contributed by atoms with Crippen LogP contribution in [-0.2, 0) is 11.3 Å². The van der Waals surface area contributed by atoms with Crippen molar-refractivity contribution in [2.24, 2.45) is 4.99 Å². The predicted octanol–water partition coefficient (Wildman–Crippen LogP) is 3.27. The van der Waals surface area contributed by atoms with Crippen LogP contribution in [0.3, 0.4) is 0 Å². The number of halogens is 2. The SMILES string of the molecule is CN=C(NCCCOC(C)C)N(C)Cc1ccc(F)cc1.I. The molecular formula is C16H27FIN3O. The van der Waals surface area contributed by atoms with Gasteiger partial charge in [-0.3, -0.25) is 4.99 Å². The van der Waals surface area contributed by atoms with E-state index in [2.05, 4.69) is 10.3 Å². The summed E-state index contributed by atoms with van der Waals surface area (Å²) in [7, 11) is 3.72. The van der Waals surface area contributed by atoms with Crippen molar-refractivity contribution >= 4 is 29.9 Å². The summed E-state index contributed by atoms with van der Waals surface area (Å²) in [6.45, 7) is 6.30. The number of hydrogen-bond acceptors (Lipinski definition) is 2. The molecule has 0 saturated heterocycles. The van der Waals surface area contributed by atoms with Gasteiger partial charge in [0.2, 0.25) is 0 Å². The molecule has 0 heterocycles. The van der Waals surface area contributed by atoms with Gasteiger partial charge in [-0.1, -0.05) is 12.1 Å². The summed E-state index contributed by atoms with van der Waals surface area (Å²) in [4.78, 5) is 6.26. The molecule has 0 aromatic heterocycles. The van der Waals surface area contributed by atoms with Crippen LogP contribution in [0, 0.1) is 5.82 Å². The first-order chi connectivity index (χ1) is 10.0. The van der Waals surface area contributed by atoms with Crippen molar-refractivity contribution in [2.75, 3.05) is 27.2 Å². The largest absolute Gasteiger partial charge is 0.379 e. The Kier molecular flexibility index (Phi) is 11.2. The van der Waals surface area contributed by atoms with Crippen LogP contribution in [0.4, 0.5) is 4.39 Å². The smallest absolute Gasteiger partial charge is 0.193 e. The maximum atomic E-state index is 12.9. The van der Waals surface area contributed by atoms with E-state index < -0.39 is 0 Å². The molecule has 1 rings (SSSR count). The van der Waals surface area contributed by atoms with Gasteiger partial charge in [0.15, 0.2) is 5.96 Å². The van der Waals surface area contributed by atoms with Gasteiger partial charge < -0.3 is 15.0 Å². The zero-order valence-electron chi connectivity index (χ0n) is 13.8.